The van der Waals surface area contributed by atoms with E-state index >= 15 is 0 Å². The first kappa shape index (κ1) is 19.9. The summed E-state index contributed by atoms with van der Waals surface area (Å²) >= 11 is 0. The summed E-state index contributed by atoms with van der Waals surface area (Å²) in [5, 5.41) is 5.36. The monoisotopic (exact) mass is 386 g/mol. The molecule has 2 N–H and O–H groups in total. The van der Waals surface area contributed by atoms with Crippen molar-refractivity contribution in [3.8, 4) is 0 Å². The van der Waals surface area contributed by atoms with Gasteiger partial charge in [-0.05, 0) is 31.2 Å². The standard InChI is InChI=1S/C21H26N2O5/c1-2-27-20(25)18-16(13-28-17(24)12-14-8-6-7-9-14)22-21(26)23-19(18)15-10-4-3-5-11-15/h3-5,10-11,14,19H,2,6-9,12-13H2,1H3,(H2,22,23,26)/t19-/m0/s1. The number of nitrogens with one attached hydrogen (secondary N) is 2. The predicted octanol–water partition coefficient (Wildman–Crippen LogP) is 2.98. The van der Waals surface area contributed by atoms with Gasteiger partial charge >= 0.3 is 18.0 Å². The van der Waals surface area contributed by atoms with Crippen LogP contribution in [0.2, 0.25) is 0 Å². The van der Waals surface area contributed by atoms with Crippen LogP contribution in [-0.2, 0) is 19.1 Å². The van der Waals surface area contributed by atoms with Crippen molar-refractivity contribution in [3.63, 3.8) is 0 Å². The van der Waals surface area contributed by atoms with Crippen LogP contribution in [0.5, 0.6) is 0 Å². The topological polar surface area (TPSA) is 93.7 Å². The fourth-order valence-corrected chi connectivity index (χ4v) is 3.74. The summed E-state index contributed by atoms with van der Waals surface area (Å²) in [6.45, 7) is 1.75. The maximum atomic E-state index is 12.6. The van der Waals surface area contributed by atoms with Crippen LogP contribution < -0.4 is 10.6 Å². The van der Waals surface area contributed by atoms with Crippen LogP contribution in [0, 0.1) is 5.92 Å². The SMILES string of the molecule is CCOC(=O)C1=C(COC(=O)CC2CCCC2)NC(=O)N[C@H]1c1ccccc1. The van der Waals surface area contributed by atoms with Crippen molar-refractivity contribution >= 4 is 18.0 Å². The lowest BCUT2D eigenvalue weighted by atomic mass is 9.95. The molecule has 1 aromatic carbocycles. The van der Waals surface area contributed by atoms with Crippen molar-refractivity contribution in [1.29, 1.82) is 0 Å². The Hall–Kier alpha value is -2.83. The Bertz CT molecular complexity index is 753. The third-order valence-corrected chi connectivity index (χ3v) is 5.09. The Kier molecular flexibility index (Phi) is 6.68. The van der Waals surface area contributed by atoms with E-state index in [0.717, 1.165) is 31.2 Å². The first-order chi connectivity index (χ1) is 13.6. The van der Waals surface area contributed by atoms with Crippen LogP contribution in [0.4, 0.5) is 4.79 Å². The Balaban J connectivity index is 1.80. The van der Waals surface area contributed by atoms with Gasteiger partial charge in [-0.3, -0.25) is 4.79 Å². The highest BCUT2D eigenvalue weighted by molar-refractivity contribution is 5.95. The normalized spacial score (nSPS) is 19.8. The van der Waals surface area contributed by atoms with Crippen molar-refractivity contribution in [3.05, 3.63) is 47.2 Å². The second kappa shape index (κ2) is 9.39. The molecule has 1 aromatic rings. The highest BCUT2D eigenvalue weighted by Crippen LogP contribution is 2.29. The van der Waals surface area contributed by atoms with Gasteiger partial charge in [-0.2, -0.15) is 0 Å². The van der Waals surface area contributed by atoms with Crippen LogP contribution in [0.1, 0.15) is 50.6 Å². The summed E-state index contributed by atoms with van der Waals surface area (Å²) in [7, 11) is 0. The summed E-state index contributed by atoms with van der Waals surface area (Å²) in [5.74, 6) is -0.497. The van der Waals surface area contributed by atoms with E-state index in [1.54, 1.807) is 6.92 Å². The predicted molar refractivity (Wildman–Crippen MR) is 102 cm³/mol. The molecule has 28 heavy (non-hydrogen) atoms. The van der Waals surface area contributed by atoms with E-state index in [4.69, 9.17) is 9.47 Å². The summed E-state index contributed by atoms with van der Waals surface area (Å²) in [4.78, 5) is 37.0. The fourth-order valence-electron chi connectivity index (χ4n) is 3.74. The molecule has 0 bridgehead atoms. The number of carbonyl (C=O) groups excluding carboxylic acids is 3. The van der Waals surface area contributed by atoms with Gasteiger partial charge < -0.3 is 20.1 Å². The zero-order valence-corrected chi connectivity index (χ0v) is 16.0. The number of ether oxygens (including phenoxy) is 2. The molecule has 2 aliphatic rings. The molecule has 1 aliphatic carbocycles. The smallest absolute Gasteiger partial charge is 0.338 e. The molecular formula is C21H26N2O5. The third-order valence-electron chi connectivity index (χ3n) is 5.09. The van der Waals surface area contributed by atoms with Gasteiger partial charge in [0.2, 0.25) is 0 Å². The van der Waals surface area contributed by atoms with Crippen molar-refractivity contribution in [2.45, 2.75) is 45.1 Å². The van der Waals surface area contributed by atoms with E-state index in [9.17, 15) is 14.4 Å². The maximum Gasteiger partial charge on any atom is 0.338 e. The molecule has 2 amide bonds. The van der Waals surface area contributed by atoms with Gasteiger partial charge in [0, 0.05) is 6.42 Å². The van der Waals surface area contributed by atoms with Gasteiger partial charge in [-0.25, -0.2) is 9.59 Å². The summed E-state index contributed by atoms with van der Waals surface area (Å²) < 4.78 is 10.6. The molecule has 0 radical (unpaired) electrons. The molecule has 0 saturated heterocycles. The fraction of sp³-hybridized carbons (Fsp3) is 0.476. The van der Waals surface area contributed by atoms with Crippen LogP contribution in [-0.4, -0.2) is 31.2 Å². The molecule has 1 saturated carbocycles. The number of urea groups is 1. The molecule has 1 atom stereocenters. The molecule has 0 unspecified atom stereocenters. The molecule has 0 aromatic heterocycles. The minimum atomic E-state index is -0.669. The third kappa shape index (κ3) is 4.91. The molecule has 0 spiro atoms. The Morgan fingerprint density at radius 2 is 1.82 bits per heavy atom. The number of carbonyl (C=O) groups is 3. The number of hydrogen-bond donors (Lipinski definition) is 2. The zero-order chi connectivity index (χ0) is 19.9. The largest absolute Gasteiger partial charge is 0.463 e. The molecule has 1 heterocycles. The Morgan fingerprint density at radius 3 is 2.50 bits per heavy atom. The second-order valence-corrected chi connectivity index (χ2v) is 7.07. The molecule has 1 fully saturated rings. The van der Waals surface area contributed by atoms with Gasteiger partial charge in [0.15, 0.2) is 0 Å². The quantitative estimate of drug-likeness (QED) is 0.703. The van der Waals surface area contributed by atoms with Crippen molar-refractivity contribution < 1.29 is 23.9 Å². The lowest BCUT2D eigenvalue weighted by Gasteiger charge is -2.29. The Labute approximate surface area is 164 Å². The van der Waals surface area contributed by atoms with Crippen molar-refractivity contribution in [1.82, 2.24) is 10.6 Å². The highest BCUT2D eigenvalue weighted by Gasteiger charge is 2.34. The lowest BCUT2D eigenvalue weighted by Crippen LogP contribution is -2.47. The second-order valence-electron chi connectivity index (χ2n) is 7.07. The number of benzene rings is 1. The summed E-state index contributed by atoms with van der Waals surface area (Å²) in [6, 6.07) is 8.02. The molecule has 3 rings (SSSR count). The lowest BCUT2D eigenvalue weighted by molar-refractivity contribution is -0.144. The van der Waals surface area contributed by atoms with Crippen LogP contribution in [0.25, 0.3) is 0 Å². The van der Waals surface area contributed by atoms with Crippen LogP contribution in [0.15, 0.2) is 41.6 Å². The number of rotatable bonds is 7. The van der Waals surface area contributed by atoms with E-state index in [2.05, 4.69) is 10.6 Å². The van der Waals surface area contributed by atoms with Crippen molar-refractivity contribution in [2.75, 3.05) is 13.2 Å². The van der Waals surface area contributed by atoms with Gasteiger partial charge in [0.25, 0.3) is 0 Å². The summed E-state index contributed by atoms with van der Waals surface area (Å²) in [6.07, 6.45) is 4.76. The van der Waals surface area contributed by atoms with Crippen LogP contribution in [0.3, 0.4) is 0 Å². The van der Waals surface area contributed by atoms with Gasteiger partial charge in [0.05, 0.1) is 23.9 Å². The number of esters is 2. The minimum absolute atomic E-state index is 0.170. The number of amides is 2. The Morgan fingerprint density at radius 1 is 1.11 bits per heavy atom. The average Bonchev–Trinajstić information content (AvgIpc) is 3.19. The van der Waals surface area contributed by atoms with Crippen LogP contribution >= 0.6 is 0 Å². The minimum Gasteiger partial charge on any atom is -0.463 e. The van der Waals surface area contributed by atoms with E-state index in [-0.39, 0.29) is 30.5 Å². The average molecular weight is 386 g/mol. The maximum absolute atomic E-state index is 12.6. The highest BCUT2D eigenvalue weighted by atomic mass is 16.5. The van der Waals surface area contributed by atoms with Gasteiger partial charge in [0.1, 0.15) is 6.61 Å². The first-order valence-corrected chi connectivity index (χ1v) is 9.76. The van der Waals surface area contributed by atoms with E-state index in [1.807, 2.05) is 30.3 Å². The van der Waals surface area contributed by atoms with Gasteiger partial charge in [-0.1, -0.05) is 43.2 Å². The van der Waals surface area contributed by atoms with E-state index in [0.29, 0.717) is 12.3 Å². The zero-order valence-electron chi connectivity index (χ0n) is 16.0. The molecular weight excluding hydrogens is 360 g/mol. The molecule has 1 aliphatic heterocycles. The van der Waals surface area contributed by atoms with Gasteiger partial charge in [-0.15, -0.1) is 0 Å². The molecule has 7 nitrogen and oxygen atoms in total. The van der Waals surface area contributed by atoms with E-state index in [1.165, 1.54) is 0 Å². The number of hydrogen-bond acceptors (Lipinski definition) is 5. The van der Waals surface area contributed by atoms with Crippen molar-refractivity contribution in [2.24, 2.45) is 5.92 Å². The molecule has 7 heteroatoms. The summed E-state index contributed by atoms with van der Waals surface area (Å²) in [5.41, 5.74) is 1.26. The van der Waals surface area contributed by atoms with E-state index < -0.39 is 18.0 Å². The molecule has 150 valence electrons. The first-order valence-electron chi connectivity index (χ1n) is 9.76.